The molecule has 0 spiro atoms. The van der Waals surface area contributed by atoms with Crippen LogP contribution >= 0.6 is 22.9 Å². The number of hydrogen-bond acceptors (Lipinski definition) is 6. The molecule has 1 fully saturated rings. The van der Waals surface area contributed by atoms with Crippen LogP contribution in [-0.2, 0) is 6.54 Å². The molecule has 32 heavy (non-hydrogen) atoms. The Morgan fingerprint density at radius 1 is 1.00 bits per heavy atom. The molecule has 3 heterocycles. The van der Waals surface area contributed by atoms with Crippen molar-refractivity contribution in [2.75, 3.05) is 26.2 Å². The fraction of sp³-hybridized carbons (Fsp3) is 0.208. The summed E-state index contributed by atoms with van der Waals surface area (Å²) in [7, 11) is 0. The standard InChI is InChI=1S/C24H21ClN4O2S/c25-19-8-4-7-18(13-19)22-14-21(27-31-22)24(30)29-11-9-28(10-12-29)15-20-16-32-23(26-20)17-5-2-1-3-6-17/h1-8,13-14,16H,9-12,15H2. The molecule has 1 aliphatic rings. The van der Waals surface area contributed by atoms with E-state index in [9.17, 15) is 4.79 Å². The van der Waals surface area contributed by atoms with Crippen molar-refractivity contribution in [2.24, 2.45) is 0 Å². The maximum absolute atomic E-state index is 12.9. The molecule has 0 aliphatic carbocycles. The summed E-state index contributed by atoms with van der Waals surface area (Å²) in [5, 5.41) is 7.75. The first-order valence-corrected chi connectivity index (χ1v) is 11.7. The number of carbonyl (C=O) groups is 1. The lowest BCUT2D eigenvalue weighted by atomic mass is 10.1. The van der Waals surface area contributed by atoms with E-state index in [4.69, 9.17) is 21.1 Å². The lowest BCUT2D eigenvalue weighted by molar-refractivity contribution is 0.0617. The first kappa shape index (κ1) is 20.9. The van der Waals surface area contributed by atoms with Gasteiger partial charge in [-0.2, -0.15) is 0 Å². The maximum Gasteiger partial charge on any atom is 0.276 e. The predicted octanol–water partition coefficient (Wildman–Crippen LogP) is 5.08. The van der Waals surface area contributed by atoms with E-state index in [1.165, 1.54) is 0 Å². The number of hydrogen-bond donors (Lipinski definition) is 0. The van der Waals surface area contributed by atoms with Gasteiger partial charge in [0.1, 0.15) is 5.01 Å². The first-order valence-electron chi connectivity index (χ1n) is 10.4. The fourth-order valence-corrected chi connectivity index (χ4v) is 4.75. The topological polar surface area (TPSA) is 62.5 Å². The predicted molar refractivity (Wildman–Crippen MR) is 126 cm³/mol. The molecule has 0 bridgehead atoms. The monoisotopic (exact) mass is 464 g/mol. The second kappa shape index (κ2) is 9.24. The van der Waals surface area contributed by atoms with Crippen molar-refractivity contribution in [3.05, 3.63) is 82.5 Å². The van der Waals surface area contributed by atoms with Crippen LogP contribution in [0.2, 0.25) is 5.02 Å². The number of thiazole rings is 1. The normalized spacial score (nSPS) is 14.6. The second-order valence-electron chi connectivity index (χ2n) is 7.67. The Morgan fingerprint density at radius 3 is 2.56 bits per heavy atom. The highest BCUT2D eigenvalue weighted by atomic mass is 35.5. The molecule has 0 atom stereocenters. The average Bonchev–Trinajstić information content (AvgIpc) is 3.50. The maximum atomic E-state index is 12.9. The van der Waals surface area contributed by atoms with Gasteiger partial charge in [-0.1, -0.05) is 59.2 Å². The Labute approximate surface area is 195 Å². The van der Waals surface area contributed by atoms with Crippen LogP contribution in [-0.4, -0.2) is 52.0 Å². The average molecular weight is 465 g/mol. The first-order chi connectivity index (χ1) is 15.7. The number of benzene rings is 2. The lowest BCUT2D eigenvalue weighted by Crippen LogP contribution is -2.48. The molecule has 2 aromatic heterocycles. The van der Waals surface area contributed by atoms with Crippen LogP contribution in [0.1, 0.15) is 16.2 Å². The van der Waals surface area contributed by atoms with E-state index in [0.717, 1.165) is 41.5 Å². The van der Waals surface area contributed by atoms with Gasteiger partial charge in [0.2, 0.25) is 0 Å². The highest BCUT2D eigenvalue weighted by Crippen LogP contribution is 2.25. The Bertz CT molecular complexity index is 1220. The zero-order chi connectivity index (χ0) is 21.9. The summed E-state index contributed by atoms with van der Waals surface area (Å²) in [6, 6.07) is 19.2. The van der Waals surface area contributed by atoms with Gasteiger partial charge < -0.3 is 9.42 Å². The van der Waals surface area contributed by atoms with Gasteiger partial charge in [0.25, 0.3) is 5.91 Å². The summed E-state index contributed by atoms with van der Waals surface area (Å²) in [5.41, 5.74) is 3.33. The summed E-state index contributed by atoms with van der Waals surface area (Å²) >= 11 is 7.71. The van der Waals surface area contributed by atoms with Crippen molar-refractivity contribution in [1.82, 2.24) is 19.9 Å². The summed E-state index contributed by atoms with van der Waals surface area (Å²) in [5.74, 6) is 0.425. The summed E-state index contributed by atoms with van der Waals surface area (Å²) in [6.07, 6.45) is 0. The molecule has 2 aromatic carbocycles. The van der Waals surface area contributed by atoms with Crippen LogP contribution in [0.4, 0.5) is 0 Å². The van der Waals surface area contributed by atoms with Gasteiger partial charge in [-0.15, -0.1) is 11.3 Å². The van der Waals surface area contributed by atoms with E-state index in [0.29, 0.717) is 29.6 Å². The van der Waals surface area contributed by atoms with E-state index in [1.807, 2.05) is 35.2 Å². The van der Waals surface area contributed by atoms with E-state index < -0.39 is 0 Å². The molecule has 8 heteroatoms. The zero-order valence-electron chi connectivity index (χ0n) is 17.3. The number of halogens is 1. The van der Waals surface area contributed by atoms with Crippen LogP contribution in [0.5, 0.6) is 0 Å². The molecular formula is C24H21ClN4O2S. The van der Waals surface area contributed by atoms with Gasteiger partial charge in [0, 0.05) is 60.3 Å². The van der Waals surface area contributed by atoms with Crippen molar-refractivity contribution in [2.45, 2.75) is 6.54 Å². The number of carbonyl (C=O) groups excluding carboxylic acids is 1. The minimum atomic E-state index is -0.110. The van der Waals surface area contributed by atoms with Crippen LogP contribution < -0.4 is 0 Å². The zero-order valence-corrected chi connectivity index (χ0v) is 18.9. The molecule has 1 saturated heterocycles. The molecule has 6 nitrogen and oxygen atoms in total. The summed E-state index contributed by atoms with van der Waals surface area (Å²) in [4.78, 5) is 21.8. The summed E-state index contributed by atoms with van der Waals surface area (Å²) in [6.45, 7) is 3.67. The van der Waals surface area contributed by atoms with E-state index in [1.54, 1.807) is 29.5 Å². The van der Waals surface area contributed by atoms with Gasteiger partial charge in [-0.05, 0) is 12.1 Å². The van der Waals surface area contributed by atoms with E-state index in [2.05, 4.69) is 27.6 Å². The SMILES string of the molecule is O=C(c1cc(-c2cccc(Cl)c2)on1)N1CCN(Cc2csc(-c3ccccc3)n2)CC1. The third-order valence-electron chi connectivity index (χ3n) is 5.46. The molecule has 4 aromatic rings. The van der Waals surface area contributed by atoms with E-state index in [-0.39, 0.29) is 5.91 Å². The number of aromatic nitrogens is 2. The second-order valence-corrected chi connectivity index (χ2v) is 8.96. The number of rotatable bonds is 5. The Balaban J connectivity index is 1.17. The largest absolute Gasteiger partial charge is 0.355 e. The van der Waals surface area contributed by atoms with Crippen LogP contribution in [0.3, 0.4) is 0 Å². The molecule has 162 valence electrons. The molecule has 0 radical (unpaired) electrons. The molecule has 5 rings (SSSR count). The van der Waals surface area contributed by atoms with Crippen LogP contribution in [0.25, 0.3) is 21.9 Å². The minimum Gasteiger partial charge on any atom is -0.355 e. The fourth-order valence-electron chi connectivity index (χ4n) is 3.75. The van der Waals surface area contributed by atoms with Crippen molar-refractivity contribution >= 4 is 28.8 Å². The van der Waals surface area contributed by atoms with Gasteiger partial charge >= 0.3 is 0 Å². The van der Waals surface area contributed by atoms with Crippen LogP contribution in [0.15, 0.2) is 70.6 Å². The van der Waals surface area contributed by atoms with Gasteiger partial charge in [-0.3, -0.25) is 9.69 Å². The number of piperazine rings is 1. The molecular weight excluding hydrogens is 444 g/mol. The molecule has 0 N–H and O–H groups in total. The number of nitrogens with zero attached hydrogens (tertiary/aromatic N) is 4. The highest BCUT2D eigenvalue weighted by molar-refractivity contribution is 7.13. The lowest BCUT2D eigenvalue weighted by Gasteiger charge is -2.33. The molecule has 1 aliphatic heterocycles. The number of amides is 1. The molecule has 0 unspecified atom stereocenters. The van der Waals surface area contributed by atoms with Gasteiger partial charge in [0.05, 0.1) is 5.69 Å². The van der Waals surface area contributed by atoms with Gasteiger partial charge in [0.15, 0.2) is 11.5 Å². The summed E-state index contributed by atoms with van der Waals surface area (Å²) < 4.78 is 5.38. The van der Waals surface area contributed by atoms with Crippen molar-refractivity contribution in [1.29, 1.82) is 0 Å². The Kier molecular flexibility index (Phi) is 6.03. The third-order valence-corrected chi connectivity index (χ3v) is 6.63. The Morgan fingerprint density at radius 2 is 1.78 bits per heavy atom. The highest BCUT2D eigenvalue weighted by Gasteiger charge is 2.25. The quantitative estimate of drug-likeness (QED) is 0.412. The van der Waals surface area contributed by atoms with Gasteiger partial charge in [-0.25, -0.2) is 4.98 Å². The minimum absolute atomic E-state index is 0.110. The molecule has 0 saturated carbocycles. The van der Waals surface area contributed by atoms with E-state index >= 15 is 0 Å². The van der Waals surface area contributed by atoms with Crippen molar-refractivity contribution < 1.29 is 9.32 Å². The van der Waals surface area contributed by atoms with Crippen molar-refractivity contribution in [3.8, 4) is 21.9 Å². The Hall–Kier alpha value is -3.00. The third kappa shape index (κ3) is 4.60. The smallest absolute Gasteiger partial charge is 0.276 e. The van der Waals surface area contributed by atoms with Crippen LogP contribution in [0, 0.1) is 0 Å². The molecule has 1 amide bonds. The van der Waals surface area contributed by atoms with Crippen molar-refractivity contribution in [3.63, 3.8) is 0 Å².